The first kappa shape index (κ1) is 12.6. The van der Waals surface area contributed by atoms with Crippen LogP contribution in [0.15, 0.2) is 35.0 Å². The van der Waals surface area contributed by atoms with Crippen molar-refractivity contribution in [3.8, 4) is 11.5 Å². The van der Waals surface area contributed by atoms with Gasteiger partial charge in [0.05, 0.1) is 12.2 Å². The minimum absolute atomic E-state index is 0.439. The summed E-state index contributed by atoms with van der Waals surface area (Å²) in [6.07, 6.45) is 0.783. The van der Waals surface area contributed by atoms with Crippen molar-refractivity contribution in [2.24, 2.45) is 0 Å². The number of hydrogen-bond acceptors (Lipinski definition) is 4. The van der Waals surface area contributed by atoms with Crippen molar-refractivity contribution in [3.63, 3.8) is 0 Å². The Labute approximate surface area is 110 Å². The molecule has 1 aromatic carbocycles. The lowest BCUT2D eigenvalue weighted by Gasteiger charge is -2.13. The summed E-state index contributed by atoms with van der Waals surface area (Å²) in [5.74, 6) is 1.12. The summed E-state index contributed by atoms with van der Waals surface area (Å²) in [5, 5.41) is 4.01. The summed E-state index contributed by atoms with van der Waals surface area (Å²) in [4.78, 5) is 11.0. The number of hydrogen-bond donors (Lipinski definition) is 0. The topological polar surface area (TPSA) is 35.5 Å². The highest BCUT2D eigenvalue weighted by molar-refractivity contribution is 7.07. The fraction of sp³-hybridized carbons (Fsp3) is 0.214. The Morgan fingerprint density at radius 3 is 2.83 bits per heavy atom. The van der Waals surface area contributed by atoms with Crippen molar-refractivity contribution >= 4 is 17.6 Å². The maximum absolute atomic E-state index is 11.0. The normalized spacial score (nSPS) is 10.1. The van der Waals surface area contributed by atoms with Crippen molar-refractivity contribution in [1.29, 1.82) is 0 Å². The molecule has 0 aliphatic rings. The fourth-order valence-corrected chi connectivity index (χ4v) is 2.23. The SMILES string of the molecule is CCOc1cccc(C=O)c1OCc1ccsc1. The van der Waals surface area contributed by atoms with Gasteiger partial charge in [0, 0.05) is 0 Å². The van der Waals surface area contributed by atoms with E-state index in [1.54, 1.807) is 29.5 Å². The Bertz CT molecular complexity index is 506. The van der Waals surface area contributed by atoms with Crippen LogP contribution >= 0.6 is 11.3 Å². The number of carbonyl (C=O) groups excluding carboxylic acids is 1. The zero-order valence-corrected chi connectivity index (χ0v) is 10.9. The number of rotatable bonds is 6. The summed E-state index contributed by atoms with van der Waals surface area (Å²) in [6.45, 7) is 2.88. The van der Waals surface area contributed by atoms with E-state index in [1.165, 1.54) is 0 Å². The first-order valence-electron chi connectivity index (χ1n) is 5.70. The van der Waals surface area contributed by atoms with Crippen LogP contribution in [0.5, 0.6) is 11.5 Å². The van der Waals surface area contributed by atoms with Crippen molar-refractivity contribution in [1.82, 2.24) is 0 Å². The largest absolute Gasteiger partial charge is 0.490 e. The van der Waals surface area contributed by atoms with Gasteiger partial charge in [-0.15, -0.1) is 0 Å². The van der Waals surface area contributed by atoms with E-state index in [-0.39, 0.29) is 0 Å². The van der Waals surface area contributed by atoms with Crippen LogP contribution in [0.1, 0.15) is 22.8 Å². The summed E-state index contributed by atoms with van der Waals surface area (Å²) in [5.41, 5.74) is 1.60. The Hall–Kier alpha value is -1.81. The summed E-state index contributed by atoms with van der Waals surface area (Å²) < 4.78 is 11.2. The molecule has 0 unspecified atom stereocenters. The molecule has 0 atom stereocenters. The van der Waals surface area contributed by atoms with E-state index in [2.05, 4.69) is 0 Å². The third-order valence-electron chi connectivity index (χ3n) is 2.40. The van der Waals surface area contributed by atoms with Gasteiger partial charge in [-0.3, -0.25) is 4.79 Å². The van der Waals surface area contributed by atoms with Crippen molar-refractivity contribution in [3.05, 3.63) is 46.2 Å². The summed E-state index contributed by atoms with van der Waals surface area (Å²) in [6, 6.07) is 7.30. The molecule has 0 spiro atoms. The molecule has 18 heavy (non-hydrogen) atoms. The third kappa shape index (κ3) is 2.90. The maximum atomic E-state index is 11.0. The predicted molar refractivity (Wildman–Crippen MR) is 71.6 cm³/mol. The lowest BCUT2D eigenvalue weighted by atomic mass is 10.2. The van der Waals surface area contributed by atoms with Crippen LogP contribution in [0, 0.1) is 0 Å². The number of carbonyl (C=O) groups is 1. The van der Waals surface area contributed by atoms with Gasteiger partial charge in [0.25, 0.3) is 0 Å². The standard InChI is InChI=1S/C14H14O3S/c1-2-16-13-5-3-4-12(8-15)14(13)17-9-11-6-7-18-10-11/h3-8,10H,2,9H2,1H3. The molecule has 3 nitrogen and oxygen atoms in total. The molecule has 0 saturated heterocycles. The Kier molecular flexibility index (Phi) is 4.36. The zero-order chi connectivity index (χ0) is 12.8. The van der Waals surface area contributed by atoms with E-state index < -0.39 is 0 Å². The average molecular weight is 262 g/mol. The highest BCUT2D eigenvalue weighted by Crippen LogP contribution is 2.31. The number of para-hydroxylation sites is 1. The highest BCUT2D eigenvalue weighted by Gasteiger charge is 2.10. The van der Waals surface area contributed by atoms with E-state index in [0.29, 0.717) is 30.3 Å². The van der Waals surface area contributed by atoms with E-state index in [9.17, 15) is 4.79 Å². The van der Waals surface area contributed by atoms with E-state index >= 15 is 0 Å². The van der Waals surface area contributed by atoms with Crippen molar-refractivity contribution in [2.45, 2.75) is 13.5 Å². The molecule has 2 rings (SSSR count). The molecule has 0 aliphatic carbocycles. The number of ether oxygens (including phenoxy) is 2. The number of thiophene rings is 1. The van der Waals surface area contributed by atoms with Crippen LogP contribution in [0.3, 0.4) is 0 Å². The lowest BCUT2D eigenvalue weighted by Crippen LogP contribution is -2.01. The smallest absolute Gasteiger partial charge is 0.172 e. The molecule has 94 valence electrons. The van der Waals surface area contributed by atoms with Gasteiger partial charge in [-0.05, 0) is 41.4 Å². The Morgan fingerprint density at radius 1 is 1.28 bits per heavy atom. The zero-order valence-electron chi connectivity index (χ0n) is 10.1. The van der Waals surface area contributed by atoms with Crippen molar-refractivity contribution < 1.29 is 14.3 Å². The van der Waals surface area contributed by atoms with Gasteiger partial charge in [0.15, 0.2) is 17.8 Å². The minimum atomic E-state index is 0.439. The van der Waals surface area contributed by atoms with Gasteiger partial charge in [-0.25, -0.2) is 0 Å². The molecule has 0 saturated carbocycles. The third-order valence-corrected chi connectivity index (χ3v) is 3.13. The molecule has 0 aliphatic heterocycles. The summed E-state index contributed by atoms with van der Waals surface area (Å²) in [7, 11) is 0. The lowest BCUT2D eigenvalue weighted by molar-refractivity contribution is 0.111. The van der Waals surface area contributed by atoms with Crippen LogP contribution in [-0.4, -0.2) is 12.9 Å². The molecule has 1 aromatic heterocycles. The van der Waals surface area contributed by atoms with E-state index in [0.717, 1.165) is 11.8 Å². The molecule has 0 radical (unpaired) electrons. The molecule has 0 amide bonds. The predicted octanol–water partition coefficient (Wildman–Crippen LogP) is 3.54. The number of benzene rings is 1. The average Bonchev–Trinajstić information content (AvgIpc) is 2.90. The fourth-order valence-electron chi connectivity index (χ4n) is 1.58. The maximum Gasteiger partial charge on any atom is 0.172 e. The quantitative estimate of drug-likeness (QED) is 0.747. The van der Waals surface area contributed by atoms with Crippen LogP contribution in [0.2, 0.25) is 0 Å². The second-order valence-corrected chi connectivity index (χ2v) is 4.43. The van der Waals surface area contributed by atoms with Gasteiger partial charge in [0.2, 0.25) is 0 Å². The van der Waals surface area contributed by atoms with Crippen LogP contribution in [-0.2, 0) is 6.61 Å². The highest BCUT2D eigenvalue weighted by atomic mass is 32.1. The minimum Gasteiger partial charge on any atom is -0.490 e. The Balaban J connectivity index is 2.20. The molecular weight excluding hydrogens is 248 g/mol. The van der Waals surface area contributed by atoms with Gasteiger partial charge in [-0.1, -0.05) is 6.07 Å². The van der Waals surface area contributed by atoms with Crippen LogP contribution in [0.4, 0.5) is 0 Å². The van der Waals surface area contributed by atoms with Gasteiger partial charge in [-0.2, -0.15) is 11.3 Å². The second kappa shape index (κ2) is 6.21. The first-order valence-corrected chi connectivity index (χ1v) is 6.64. The molecule has 0 fully saturated rings. The molecular formula is C14H14O3S. The van der Waals surface area contributed by atoms with Gasteiger partial charge < -0.3 is 9.47 Å². The van der Waals surface area contributed by atoms with Gasteiger partial charge >= 0.3 is 0 Å². The summed E-state index contributed by atoms with van der Waals surface area (Å²) >= 11 is 1.62. The monoisotopic (exact) mass is 262 g/mol. The molecule has 0 bridgehead atoms. The number of aldehydes is 1. The Morgan fingerprint density at radius 2 is 2.17 bits per heavy atom. The molecule has 0 N–H and O–H groups in total. The van der Waals surface area contributed by atoms with Crippen LogP contribution in [0.25, 0.3) is 0 Å². The molecule has 2 aromatic rings. The second-order valence-electron chi connectivity index (χ2n) is 3.65. The molecule has 4 heteroatoms. The van der Waals surface area contributed by atoms with E-state index in [1.807, 2.05) is 23.8 Å². The molecule has 1 heterocycles. The first-order chi connectivity index (χ1) is 8.85. The van der Waals surface area contributed by atoms with E-state index in [4.69, 9.17) is 9.47 Å². The van der Waals surface area contributed by atoms with Gasteiger partial charge in [0.1, 0.15) is 6.61 Å². The van der Waals surface area contributed by atoms with Crippen LogP contribution < -0.4 is 9.47 Å². The van der Waals surface area contributed by atoms with Crippen molar-refractivity contribution in [2.75, 3.05) is 6.61 Å².